The molecule has 1 amide bonds. The van der Waals surface area contributed by atoms with E-state index in [9.17, 15) is 9.59 Å². The molecule has 2 atom stereocenters. The first-order valence-electron chi connectivity index (χ1n) is 12.3. The van der Waals surface area contributed by atoms with Gasteiger partial charge in [-0.25, -0.2) is 4.79 Å². The Balaban J connectivity index is 1.41. The molecular weight excluding hydrogens is 428 g/mol. The van der Waals surface area contributed by atoms with E-state index in [1.807, 2.05) is 42.5 Å². The normalized spacial score (nSPS) is 20.8. The lowest BCUT2D eigenvalue weighted by molar-refractivity contribution is -0.120. The van der Waals surface area contributed by atoms with Crippen molar-refractivity contribution in [3.05, 3.63) is 70.1 Å². The molecule has 2 aliphatic rings. The second kappa shape index (κ2) is 9.63. The summed E-state index contributed by atoms with van der Waals surface area (Å²) in [4.78, 5) is 30.2. The van der Waals surface area contributed by atoms with Gasteiger partial charge in [0.1, 0.15) is 23.6 Å². The van der Waals surface area contributed by atoms with Gasteiger partial charge in [-0.3, -0.25) is 9.69 Å². The van der Waals surface area contributed by atoms with Crippen LogP contribution < -0.4 is 15.3 Å². The number of hydrogen-bond donors (Lipinski definition) is 0. The molecule has 3 heterocycles. The number of anilines is 1. The molecule has 5 rings (SSSR count). The molecule has 178 valence electrons. The summed E-state index contributed by atoms with van der Waals surface area (Å²) in [6.07, 6.45) is 2.75. The SMILES string of the molecule is C[C@@H]1C[C@@H](C)CN(CC(=O)N2CCCc3c2c(=O)oc2ccc(OCc4ccccc4)cc32)C1. The maximum atomic E-state index is 13.3. The predicted octanol–water partition coefficient (Wildman–Crippen LogP) is 4.63. The van der Waals surface area contributed by atoms with E-state index in [-0.39, 0.29) is 5.91 Å². The summed E-state index contributed by atoms with van der Waals surface area (Å²) in [5.74, 6) is 1.85. The number of likely N-dealkylation sites (tertiary alicyclic amines) is 1. The number of aryl methyl sites for hydroxylation is 1. The minimum absolute atomic E-state index is 0.0228. The lowest BCUT2D eigenvalue weighted by Gasteiger charge is -2.36. The average molecular weight is 461 g/mol. The number of nitrogens with zero attached hydrogens (tertiary/aromatic N) is 2. The van der Waals surface area contributed by atoms with Gasteiger partial charge in [-0.05, 0) is 60.4 Å². The standard InChI is InChI=1S/C28H32N2O4/c1-19-13-20(2)16-29(15-19)17-26(31)30-12-6-9-23-24-14-22(33-18-21-7-4-3-5-8-21)10-11-25(24)34-28(32)27(23)30/h3-5,7-8,10-11,14,19-20H,6,9,12-13,15-18H2,1-2H3/t19-,20-/m1/s1. The van der Waals surface area contributed by atoms with Crippen LogP contribution in [0, 0.1) is 11.8 Å². The van der Waals surface area contributed by atoms with Gasteiger partial charge in [-0.15, -0.1) is 0 Å². The Kier molecular flexibility index (Phi) is 6.42. The number of piperidine rings is 1. The minimum atomic E-state index is -0.436. The molecule has 1 aromatic heterocycles. The molecule has 6 nitrogen and oxygen atoms in total. The second-order valence-corrected chi connectivity index (χ2v) is 9.94. The number of hydrogen-bond acceptors (Lipinski definition) is 5. The van der Waals surface area contributed by atoms with Gasteiger partial charge in [0.25, 0.3) is 0 Å². The lowest BCUT2D eigenvalue weighted by Crippen LogP contribution is -2.48. The summed E-state index contributed by atoms with van der Waals surface area (Å²) < 4.78 is 11.7. The number of amides is 1. The van der Waals surface area contributed by atoms with E-state index in [0.29, 0.717) is 48.6 Å². The van der Waals surface area contributed by atoms with Crippen LogP contribution in [-0.2, 0) is 17.8 Å². The van der Waals surface area contributed by atoms with E-state index in [0.717, 1.165) is 42.4 Å². The van der Waals surface area contributed by atoms with Crippen molar-refractivity contribution >= 4 is 22.6 Å². The number of rotatable bonds is 5. The second-order valence-electron chi connectivity index (χ2n) is 9.94. The van der Waals surface area contributed by atoms with E-state index < -0.39 is 5.63 Å². The monoisotopic (exact) mass is 460 g/mol. The van der Waals surface area contributed by atoms with Crippen molar-refractivity contribution in [2.75, 3.05) is 31.1 Å². The van der Waals surface area contributed by atoms with Gasteiger partial charge in [0.05, 0.1) is 6.54 Å². The molecular formula is C28H32N2O4. The fraction of sp³-hybridized carbons (Fsp3) is 0.429. The fourth-order valence-electron chi connectivity index (χ4n) is 5.56. The molecule has 2 aromatic carbocycles. The van der Waals surface area contributed by atoms with Crippen molar-refractivity contribution < 1.29 is 13.9 Å². The summed E-state index contributed by atoms with van der Waals surface area (Å²) in [6.45, 7) is 7.67. The van der Waals surface area contributed by atoms with E-state index >= 15 is 0 Å². The van der Waals surface area contributed by atoms with Crippen LogP contribution in [0.25, 0.3) is 11.0 Å². The first kappa shape index (κ1) is 22.7. The van der Waals surface area contributed by atoms with Crippen molar-refractivity contribution in [1.29, 1.82) is 0 Å². The van der Waals surface area contributed by atoms with Crippen molar-refractivity contribution in [2.24, 2.45) is 11.8 Å². The highest BCUT2D eigenvalue weighted by Crippen LogP contribution is 2.33. The quantitative estimate of drug-likeness (QED) is 0.520. The lowest BCUT2D eigenvalue weighted by atomic mass is 9.92. The Bertz CT molecular complexity index is 1230. The molecule has 0 aliphatic carbocycles. The topological polar surface area (TPSA) is 63.0 Å². The molecule has 0 bridgehead atoms. The Hall–Kier alpha value is -3.12. The number of fused-ring (bicyclic) bond motifs is 3. The third-order valence-corrected chi connectivity index (χ3v) is 6.89. The third-order valence-electron chi connectivity index (χ3n) is 6.89. The van der Waals surface area contributed by atoms with Gasteiger partial charge >= 0.3 is 5.63 Å². The predicted molar refractivity (Wildman–Crippen MR) is 133 cm³/mol. The van der Waals surface area contributed by atoms with E-state index in [2.05, 4.69) is 18.7 Å². The van der Waals surface area contributed by atoms with Crippen LogP contribution in [0.4, 0.5) is 5.69 Å². The Morgan fingerprint density at radius 1 is 1.09 bits per heavy atom. The van der Waals surface area contributed by atoms with Crippen molar-refractivity contribution in [2.45, 2.75) is 39.7 Å². The summed E-state index contributed by atoms with van der Waals surface area (Å²) in [5, 5.41) is 0.845. The average Bonchev–Trinajstić information content (AvgIpc) is 2.82. The largest absolute Gasteiger partial charge is 0.489 e. The molecule has 0 N–H and O–H groups in total. The van der Waals surface area contributed by atoms with Crippen LogP contribution in [0.15, 0.2) is 57.7 Å². The summed E-state index contributed by atoms with van der Waals surface area (Å²) in [6, 6.07) is 15.5. The fourth-order valence-corrected chi connectivity index (χ4v) is 5.56. The van der Waals surface area contributed by atoms with Crippen LogP contribution in [0.5, 0.6) is 5.75 Å². The maximum absolute atomic E-state index is 13.3. The van der Waals surface area contributed by atoms with E-state index in [1.165, 1.54) is 6.42 Å². The van der Waals surface area contributed by atoms with Crippen molar-refractivity contribution in [3.63, 3.8) is 0 Å². The number of ether oxygens (including phenoxy) is 1. The van der Waals surface area contributed by atoms with Gasteiger partial charge in [-0.2, -0.15) is 0 Å². The molecule has 0 radical (unpaired) electrons. The number of carbonyl (C=O) groups is 1. The molecule has 1 saturated heterocycles. The molecule has 34 heavy (non-hydrogen) atoms. The molecule has 2 aliphatic heterocycles. The smallest absolute Gasteiger partial charge is 0.360 e. The minimum Gasteiger partial charge on any atom is -0.489 e. The van der Waals surface area contributed by atoms with E-state index in [1.54, 1.807) is 11.0 Å². The Labute approximate surface area is 200 Å². The third kappa shape index (κ3) is 4.73. The van der Waals surface area contributed by atoms with Crippen LogP contribution in [0.3, 0.4) is 0 Å². The van der Waals surface area contributed by atoms with Gasteiger partial charge in [0.15, 0.2) is 0 Å². The highest BCUT2D eigenvalue weighted by Gasteiger charge is 2.31. The highest BCUT2D eigenvalue weighted by molar-refractivity contribution is 5.98. The van der Waals surface area contributed by atoms with Crippen LogP contribution in [-0.4, -0.2) is 37.0 Å². The highest BCUT2D eigenvalue weighted by atomic mass is 16.5. The summed E-state index contributed by atoms with van der Waals surface area (Å²) >= 11 is 0. The van der Waals surface area contributed by atoms with E-state index in [4.69, 9.17) is 9.15 Å². The van der Waals surface area contributed by atoms with Gasteiger partial charge in [0.2, 0.25) is 5.91 Å². The zero-order chi connectivity index (χ0) is 23.7. The van der Waals surface area contributed by atoms with Gasteiger partial charge in [-0.1, -0.05) is 44.2 Å². The molecule has 0 unspecified atom stereocenters. The van der Waals surface area contributed by atoms with Gasteiger partial charge in [0, 0.05) is 25.0 Å². The van der Waals surface area contributed by atoms with Crippen molar-refractivity contribution in [1.82, 2.24) is 4.90 Å². The molecule has 1 fully saturated rings. The van der Waals surface area contributed by atoms with Crippen molar-refractivity contribution in [3.8, 4) is 5.75 Å². The summed E-state index contributed by atoms with van der Waals surface area (Å²) in [5.41, 5.74) is 2.47. The zero-order valence-electron chi connectivity index (χ0n) is 20.0. The molecule has 0 spiro atoms. The first-order valence-corrected chi connectivity index (χ1v) is 12.3. The van der Waals surface area contributed by atoms with Crippen LogP contribution in [0.2, 0.25) is 0 Å². The molecule has 6 heteroatoms. The van der Waals surface area contributed by atoms with Gasteiger partial charge < -0.3 is 14.1 Å². The Morgan fingerprint density at radius 3 is 2.62 bits per heavy atom. The maximum Gasteiger partial charge on any atom is 0.360 e. The number of benzene rings is 2. The number of carbonyl (C=O) groups excluding carboxylic acids is 1. The first-order chi connectivity index (χ1) is 16.5. The molecule has 0 saturated carbocycles. The Morgan fingerprint density at radius 2 is 1.85 bits per heavy atom. The van der Waals surface area contributed by atoms with Crippen LogP contribution in [0.1, 0.15) is 37.8 Å². The molecule has 3 aromatic rings. The van der Waals surface area contributed by atoms with Crippen LogP contribution >= 0.6 is 0 Å². The summed E-state index contributed by atoms with van der Waals surface area (Å²) in [7, 11) is 0. The zero-order valence-corrected chi connectivity index (χ0v) is 20.0.